The van der Waals surface area contributed by atoms with E-state index in [9.17, 15) is 9.90 Å². The number of carbonyl (C=O) groups is 1. The molecule has 1 heterocycles. The van der Waals surface area contributed by atoms with Gasteiger partial charge in [-0.3, -0.25) is 9.78 Å². The summed E-state index contributed by atoms with van der Waals surface area (Å²) in [6.45, 7) is 4.88. The summed E-state index contributed by atoms with van der Waals surface area (Å²) in [5.41, 5.74) is 1.90. The average molecular weight is 328 g/mol. The van der Waals surface area contributed by atoms with Gasteiger partial charge < -0.3 is 15.2 Å². The third kappa shape index (κ3) is 5.35. The molecule has 5 nitrogen and oxygen atoms in total. The van der Waals surface area contributed by atoms with Gasteiger partial charge in [0.25, 0.3) is 0 Å². The van der Waals surface area contributed by atoms with E-state index < -0.39 is 12.0 Å². The first-order chi connectivity index (χ1) is 11.6. The number of benzene rings is 1. The summed E-state index contributed by atoms with van der Waals surface area (Å²) in [7, 11) is 0. The highest BCUT2D eigenvalue weighted by Crippen LogP contribution is 2.15. The third-order valence-electron chi connectivity index (χ3n) is 4.04. The number of ether oxygens (including phenoxy) is 1. The molecular formula is C19H24N2O3. The number of aromatic nitrogens is 1. The third-order valence-corrected chi connectivity index (χ3v) is 4.04. The Balaban J connectivity index is 1.86. The number of hydrogen-bond donors (Lipinski definition) is 2. The molecule has 0 amide bonds. The van der Waals surface area contributed by atoms with Crippen molar-refractivity contribution < 1.29 is 14.6 Å². The molecule has 0 aliphatic heterocycles. The molecule has 1 aromatic heterocycles. The molecule has 0 saturated heterocycles. The lowest BCUT2D eigenvalue weighted by Gasteiger charge is -2.20. The molecule has 0 aliphatic carbocycles. The Kier molecular flexibility index (Phi) is 6.75. The summed E-state index contributed by atoms with van der Waals surface area (Å²) in [4.78, 5) is 15.5. The fourth-order valence-electron chi connectivity index (χ4n) is 2.34. The molecule has 2 aromatic rings. The number of aliphatic carboxylic acids is 1. The van der Waals surface area contributed by atoms with Crippen LogP contribution in [0.3, 0.4) is 0 Å². The van der Waals surface area contributed by atoms with Crippen LogP contribution in [0.1, 0.15) is 31.5 Å². The second-order valence-electron chi connectivity index (χ2n) is 5.84. The maximum Gasteiger partial charge on any atom is 0.320 e. The number of nitrogens with one attached hydrogen (secondary N) is 1. The quantitative estimate of drug-likeness (QED) is 0.739. The van der Waals surface area contributed by atoms with Crippen LogP contribution >= 0.6 is 0 Å². The van der Waals surface area contributed by atoms with Crippen molar-refractivity contribution in [2.24, 2.45) is 5.92 Å². The highest BCUT2D eigenvalue weighted by molar-refractivity contribution is 5.73. The largest absolute Gasteiger partial charge is 0.487 e. The molecule has 5 heteroatoms. The molecule has 0 saturated carbocycles. The lowest BCUT2D eigenvalue weighted by Crippen LogP contribution is -2.41. The number of pyridine rings is 1. The van der Waals surface area contributed by atoms with Crippen LogP contribution in [-0.4, -0.2) is 22.1 Å². The van der Waals surface area contributed by atoms with E-state index in [2.05, 4.69) is 10.3 Å². The summed E-state index contributed by atoms with van der Waals surface area (Å²) in [6.07, 6.45) is 2.56. The average Bonchev–Trinajstić information content (AvgIpc) is 2.61. The van der Waals surface area contributed by atoms with Gasteiger partial charge in [-0.1, -0.05) is 38.5 Å². The first kappa shape index (κ1) is 17.9. The van der Waals surface area contributed by atoms with Crippen LogP contribution in [0, 0.1) is 5.92 Å². The molecule has 24 heavy (non-hydrogen) atoms. The van der Waals surface area contributed by atoms with Crippen molar-refractivity contribution >= 4 is 5.97 Å². The maximum atomic E-state index is 11.3. The van der Waals surface area contributed by atoms with E-state index in [0.29, 0.717) is 13.2 Å². The van der Waals surface area contributed by atoms with Gasteiger partial charge in [0.05, 0.1) is 5.69 Å². The molecule has 0 bridgehead atoms. The van der Waals surface area contributed by atoms with E-state index in [4.69, 9.17) is 4.74 Å². The van der Waals surface area contributed by atoms with E-state index in [1.54, 1.807) is 6.20 Å². The SMILES string of the molecule is CC[C@H](C)[C@H](NCc1ccc(OCc2ccccn2)cc1)C(=O)O. The molecule has 2 N–H and O–H groups in total. The number of hydrogen-bond acceptors (Lipinski definition) is 4. The molecule has 0 radical (unpaired) electrons. The van der Waals surface area contributed by atoms with Gasteiger partial charge >= 0.3 is 5.97 Å². The normalized spacial score (nSPS) is 13.2. The number of carboxylic acids is 1. The van der Waals surface area contributed by atoms with Crippen molar-refractivity contribution in [3.05, 3.63) is 59.9 Å². The van der Waals surface area contributed by atoms with Gasteiger partial charge in [-0.25, -0.2) is 0 Å². The second-order valence-corrected chi connectivity index (χ2v) is 5.84. The van der Waals surface area contributed by atoms with Crippen molar-refractivity contribution in [2.75, 3.05) is 0 Å². The van der Waals surface area contributed by atoms with E-state index in [-0.39, 0.29) is 5.92 Å². The van der Waals surface area contributed by atoms with Gasteiger partial charge in [-0.2, -0.15) is 0 Å². The molecule has 128 valence electrons. The molecule has 0 spiro atoms. The first-order valence-corrected chi connectivity index (χ1v) is 8.18. The standard InChI is InChI=1S/C19H24N2O3/c1-3-14(2)18(19(22)23)21-12-15-7-9-17(10-8-15)24-13-16-6-4-5-11-20-16/h4-11,14,18,21H,3,12-13H2,1-2H3,(H,22,23)/t14-,18-/m0/s1. The highest BCUT2D eigenvalue weighted by atomic mass is 16.5. The monoisotopic (exact) mass is 328 g/mol. The number of nitrogens with zero attached hydrogens (tertiary/aromatic N) is 1. The number of rotatable bonds is 9. The van der Waals surface area contributed by atoms with Crippen LogP contribution in [0.2, 0.25) is 0 Å². The van der Waals surface area contributed by atoms with Crippen molar-refractivity contribution in [1.82, 2.24) is 10.3 Å². The Hall–Kier alpha value is -2.40. The lowest BCUT2D eigenvalue weighted by molar-refractivity contribution is -0.140. The Bertz CT molecular complexity index is 629. The molecule has 2 atom stereocenters. The Labute approximate surface area is 142 Å². The van der Waals surface area contributed by atoms with Crippen molar-refractivity contribution in [3.8, 4) is 5.75 Å². The first-order valence-electron chi connectivity index (χ1n) is 8.18. The molecule has 2 rings (SSSR count). The summed E-state index contributed by atoms with van der Waals surface area (Å²) >= 11 is 0. The maximum absolute atomic E-state index is 11.3. The highest BCUT2D eigenvalue weighted by Gasteiger charge is 2.22. The van der Waals surface area contributed by atoms with E-state index in [1.165, 1.54) is 0 Å². The summed E-state index contributed by atoms with van der Waals surface area (Å²) < 4.78 is 5.69. The minimum Gasteiger partial charge on any atom is -0.487 e. The zero-order valence-corrected chi connectivity index (χ0v) is 14.1. The minimum absolute atomic E-state index is 0.0866. The van der Waals surface area contributed by atoms with E-state index in [1.807, 2.05) is 56.3 Å². The second kappa shape index (κ2) is 9.03. The van der Waals surface area contributed by atoms with Gasteiger partial charge in [0.15, 0.2) is 0 Å². The molecule has 0 unspecified atom stereocenters. The van der Waals surface area contributed by atoms with Crippen LogP contribution in [0.4, 0.5) is 0 Å². The van der Waals surface area contributed by atoms with Gasteiger partial charge in [-0.05, 0) is 35.7 Å². The van der Waals surface area contributed by atoms with E-state index in [0.717, 1.165) is 23.4 Å². The van der Waals surface area contributed by atoms with Crippen LogP contribution < -0.4 is 10.1 Å². The topological polar surface area (TPSA) is 71.5 Å². The molecular weight excluding hydrogens is 304 g/mol. The fraction of sp³-hybridized carbons (Fsp3) is 0.368. The number of carboxylic acid groups (broad SMARTS) is 1. The van der Waals surface area contributed by atoms with Crippen molar-refractivity contribution in [1.29, 1.82) is 0 Å². The summed E-state index contributed by atoms with van der Waals surface area (Å²) in [5.74, 6) is 0.0456. The fourth-order valence-corrected chi connectivity index (χ4v) is 2.34. The zero-order chi connectivity index (χ0) is 17.4. The van der Waals surface area contributed by atoms with Gasteiger partial charge in [0.1, 0.15) is 18.4 Å². The Morgan fingerprint density at radius 3 is 2.58 bits per heavy atom. The van der Waals surface area contributed by atoms with Crippen LogP contribution in [-0.2, 0) is 17.9 Å². The summed E-state index contributed by atoms with van der Waals surface area (Å²) in [5, 5.41) is 12.4. The van der Waals surface area contributed by atoms with Crippen LogP contribution in [0.15, 0.2) is 48.7 Å². The predicted octanol–water partition coefficient (Wildman–Crippen LogP) is 3.25. The van der Waals surface area contributed by atoms with Crippen LogP contribution in [0.5, 0.6) is 5.75 Å². The lowest BCUT2D eigenvalue weighted by atomic mass is 9.99. The van der Waals surface area contributed by atoms with Gasteiger partial charge in [-0.15, -0.1) is 0 Å². The van der Waals surface area contributed by atoms with E-state index >= 15 is 0 Å². The summed E-state index contributed by atoms with van der Waals surface area (Å²) in [6, 6.07) is 12.8. The van der Waals surface area contributed by atoms with Crippen molar-refractivity contribution in [3.63, 3.8) is 0 Å². The molecule has 1 aromatic carbocycles. The van der Waals surface area contributed by atoms with Gasteiger partial charge in [0, 0.05) is 12.7 Å². The smallest absolute Gasteiger partial charge is 0.320 e. The molecule has 0 fully saturated rings. The van der Waals surface area contributed by atoms with Crippen LogP contribution in [0.25, 0.3) is 0 Å². The molecule has 0 aliphatic rings. The van der Waals surface area contributed by atoms with Crippen molar-refractivity contribution in [2.45, 2.75) is 39.5 Å². The Morgan fingerprint density at radius 1 is 1.25 bits per heavy atom. The predicted molar refractivity (Wildman–Crippen MR) is 92.7 cm³/mol. The minimum atomic E-state index is -0.806. The van der Waals surface area contributed by atoms with Gasteiger partial charge in [0.2, 0.25) is 0 Å². The Morgan fingerprint density at radius 2 is 2.00 bits per heavy atom. The zero-order valence-electron chi connectivity index (χ0n) is 14.1.